The van der Waals surface area contributed by atoms with Crippen molar-refractivity contribution in [2.75, 3.05) is 12.9 Å². The highest BCUT2D eigenvalue weighted by molar-refractivity contribution is 7.99. The number of carbonyl (C=O) groups is 1. The highest BCUT2D eigenvalue weighted by Crippen LogP contribution is 2.36. The summed E-state index contributed by atoms with van der Waals surface area (Å²) in [5, 5.41) is 18.9. The van der Waals surface area contributed by atoms with Crippen LogP contribution in [0.4, 0.5) is 0 Å². The molecular formula is C23H20N4O3S3. The third kappa shape index (κ3) is 5.02. The molecule has 5 rings (SSSR count). The fraction of sp³-hybridized carbons (Fsp3) is 0.217. The number of hydrogen-bond acceptors (Lipinski definition) is 9. The maximum Gasteiger partial charge on any atom is 0.277 e. The number of benzene rings is 1. The first-order chi connectivity index (χ1) is 16.2. The third-order valence-electron chi connectivity index (χ3n) is 5.12. The number of hydrazone groups is 1. The first kappa shape index (κ1) is 21.9. The Balaban J connectivity index is 1.24. The summed E-state index contributed by atoms with van der Waals surface area (Å²) in [6, 6.07) is 15.7. The Kier molecular flexibility index (Phi) is 6.56. The lowest BCUT2D eigenvalue weighted by atomic mass is 10.1. The molecule has 0 saturated carbocycles. The van der Waals surface area contributed by atoms with E-state index in [1.54, 1.807) is 34.8 Å². The Morgan fingerprint density at radius 3 is 2.70 bits per heavy atom. The number of thioether (sulfide) groups is 1. The van der Waals surface area contributed by atoms with Gasteiger partial charge in [-0.1, -0.05) is 36.0 Å². The molecule has 0 saturated heterocycles. The number of aromatic nitrogens is 2. The quantitative estimate of drug-likeness (QED) is 0.310. The van der Waals surface area contributed by atoms with Crippen molar-refractivity contribution in [2.24, 2.45) is 5.10 Å². The van der Waals surface area contributed by atoms with E-state index in [2.05, 4.69) is 21.4 Å². The van der Waals surface area contributed by atoms with Gasteiger partial charge in [-0.2, -0.15) is 5.10 Å². The van der Waals surface area contributed by atoms with Crippen LogP contribution >= 0.6 is 34.4 Å². The number of thiophene rings is 2. The maximum absolute atomic E-state index is 13.1. The molecule has 0 N–H and O–H groups in total. The zero-order chi connectivity index (χ0) is 22.6. The van der Waals surface area contributed by atoms with Crippen molar-refractivity contribution < 1.29 is 13.9 Å². The van der Waals surface area contributed by atoms with Gasteiger partial charge in [0.05, 0.1) is 35.9 Å². The van der Waals surface area contributed by atoms with Gasteiger partial charge in [-0.15, -0.1) is 32.9 Å². The Morgan fingerprint density at radius 2 is 1.97 bits per heavy atom. The number of carbonyl (C=O) groups excluding carboxylic acids is 1. The average molecular weight is 497 g/mol. The van der Waals surface area contributed by atoms with Crippen LogP contribution in [0.3, 0.4) is 0 Å². The molecule has 4 heterocycles. The first-order valence-electron chi connectivity index (χ1n) is 10.2. The molecule has 1 aliphatic heterocycles. The molecule has 0 radical (unpaired) electrons. The van der Waals surface area contributed by atoms with Gasteiger partial charge in [-0.3, -0.25) is 4.79 Å². The molecule has 3 aromatic heterocycles. The van der Waals surface area contributed by atoms with E-state index >= 15 is 0 Å². The molecule has 1 aliphatic rings. The van der Waals surface area contributed by atoms with Crippen LogP contribution in [-0.2, 0) is 11.2 Å². The molecule has 0 spiro atoms. The Hall–Kier alpha value is -2.95. The van der Waals surface area contributed by atoms with E-state index in [-0.39, 0.29) is 17.7 Å². The van der Waals surface area contributed by atoms with E-state index < -0.39 is 0 Å². The highest BCUT2D eigenvalue weighted by Gasteiger charge is 2.34. The van der Waals surface area contributed by atoms with E-state index in [0.29, 0.717) is 24.0 Å². The molecule has 7 nitrogen and oxygen atoms in total. The topological polar surface area (TPSA) is 80.8 Å². The molecule has 168 valence electrons. The zero-order valence-electron chi connectivity index (χ0n) is 17.7. The molecule has 0 fully saturated rings. The van der Waals surface area contributed by atoms with Crippen LogP contribution in [0.5, 0.6) is 5.75 Å². The van der Waals surface area contributed by atoms with Crippen molar-refractivity contribution in [3.05, 3.63) is 80.5 Å². The summed E-state index contributed by atoms with van der Waals surface area (Å²) in [5.41, 5.74) is 1.99. The monoisotopic (exact) mass is 496 g/mol. The fourth-order valence-electron chi connectivity index (χ4n) is 3.51. The van der Waals surface area contributed by atoms with Crippen LogP contribution in [0.2, 0.25) is 0 Å². The lowest BCUT2D eigenvalue weighted by Crippen LogP contribution is -2.28. The van der Waals surface area contributed by atoms with Crippen molar-refractivity contribution in [1.82, 2.24) is 15.2 Å². The second kappa shape index (κ2) is 9.90. The van der Waals surface area contributed by atoms with Crippen LogP contribution in [0.25, 0.3) is 0 Å². The largest absolute Gasteiger partial charge is 0.497 e. The smallest absolute Gasteiger partial charge is 0.277 e. The summed E-state index contributed by atoms with van der Waals surface area (Å²) in [5.74, 6) is 1.39. The van der Waals surface area contributed by atoms with Crippen LogP contribution in [0.15, 0.2) is 74.0 Å². The van der Waals surface area contributed by atoms with Gasteiger partial charge in [-0.05, 0) is 40.6 Å². The van der Waals surface area contributed by atoms with E-state index in [4.69, 9.17) is 9.15 Å². The minimum absolute atomic E-state index is 0.0801. The second-order valence-electron chi connectivity index (χ2n) is 7.27. The number of rotatable bonds is 8. The van der Waals surface area contributed by atoms with Gasteiger partial charge in [-0.25, -0.2) is 5.01 Å². The molecule has 4 aromatic rings. The van der Waals surface area contributed by atoms with Gasteiger partial charge in [0.25, 0.3) is 11.1 Å². The minimum Gasteiger partial charge on any atom is -0.497 e. The average Bonchev–Trinajstić information content (AvgIpc) is 3.63. The molecule has 1 unspecified atom stereocenters. The van der Waals surface area contributed by atoms with Crippen molar-refractivity contribution in [2.45, 2.75) is 24.1 Å². The SMILES string of the molecule is COc1ccc(Cc2nnc(SCC(=O)N3N=C(c4cccs4)CC3c3cccs3)o2)cc1. The molecule has 0 bridgehead atoms. The molecule has 1 aromatic carbocycles. The standard InChI is InChI=1S/C23H20N4O3S3/c1-29-16-8-6-15(7-9-16)12-21-24-25-23(30-21)33-14-22(28)27-18(20-5-3-11-32-20)13-17(26-27)19-4-2-10-31-19/h2-11,18H,12-14H2,1H3. The number of methoxy groups -OCH3 is 1. The predicted molar refractivity (Wildman–Crippen MR) is 130 cm³/mol. The lowest BCUT2D eigenvalue weighted by Gasteiger charge is -2.20. The van der Waals surface area contributed by atoms with Gasteiger partial charge in [0, 0.05) is 11.3 Å². The predicted octanol–water partition coefficient (Wildman–Crippen LogP) is 5.26. The van der Waals surface area contributed by atoms with Crippen LogP contribution < -0.4 is 4.74 Å². The lowest BCUT2D eigenvalue weighted by molar-refractivity contribution is -0.130. The van der Waals surface area contributed by atoms with Gasteiger partial charge in [0.1, 0.15) is 5.75 Å². The van der Waals surface area contributed by atoms with E-state index in [9.17, 15) is 4.79 Å². The number of hydrogen-bond donors (Lipinski definition) is 0. The van der Waals surface area contributed by atoms with Crippen molar-refractivity contribution in [1.29, 1.82) is 0 Å². The molecule has 1 amide bonds. The summed E-state index contributed by atoms with van der Waals surface area (Å²) in [6.45, 7) is 0. The molecule has 0 aliphatic carbocycles. The second-order valence-corrected chi connectivity index (χ2v) is 10.1. The Labute approximate surface area is 203 Å². The number of ether oxygens (including phenoxy) is 1. The summed E-state index contributed by atoms with van der Waals surface area (Å²) in [7, 11) is 1.64. The van der Waals surface area contributed by atoms with Crippen molar-refractivity contribution in [3.63, 3.8) is 0 Å². The fourth-order valence-corrected chi connectivity index (χ4v) is 5.68. The first-order valence-corrected chi connectivity index (χ1v) is 13.0. The van der Waals surface area contributed by atoms with Gasteiger partial charge in [0.15, 0.2) is 0 Å². The van der Waals surface area contributed by atoms with Crippen molar-refractivity contribution >= 4 is 46.1 Å². The van der Waals surface area contributed by atoms with E-state index in [1.807, 2.05) is 53.2 Å². The molecule has 1 atom stereocenters. The Bertz CT molecular complexity index is 1230. The molecule has 10 heteroatoms. The zero-order valence-corrected chi connectivity index (χ0v) is 20.2. The highest BCUT2D eigenvalue weighted by atomic mass is 32.2. The van der Waals surface area contributed by atoms with Crippen molar-refractivity contribution in [3.8, 4) is 5.75 Å². The van der Waals surface area contributed by atoms with Gasteiger partial charge < -0.3 is 9.15 Å². The summed E-state index contributed by atoms with van der Waals surface area (Å²) in [6.07, 6.45) is 1.23. The van der Waals surface area contributed by atoms with Crippen LogP contribution in [-0.4, -0.2) is 39.7 Å². The number of nitrogens with zero attached hydrogens (tertiary/aromatic N) is 4. The Morgan fingerprint density at radius 1 is 1.15 bits per heavy atom. The maximum atomic E-state index is 13.1. The van der Waals surface area contributed by atoms with Gasteiger partial charge >= 0.3 is 0 Å². The molecular weight excluding hydrogens is 476 g/mol. The van der Waals surface area contributed by atoms with Crippen LogP contribution in [0.1, 0.15) is 33.7 Å². The van der Waals surface area contributed by atoms with Crippen LogP contribution in [0, 0.1) is 0 Å². The normalized spacial score (nSPS) is 15.6. The van der Waals surface area contributed by atoms with E-state index in [1.165, 1.54) is 11.8 Å². The summed E-state index contributed by atoms with van der Waals surface area (Å²) < 4.78 is 10.9. The number of amides is 1. The molecule has 33 heavy (non-hydrogen) atoms. The summed E-state index contributed by atoms with van der Waals surface area (Å²) >= 11 is 4.52. The third-order valence-corrected chi connectivity index (χ3v) is 7.82. The summed E-state index contributed by atoms with van der Waals surface area (Å²) in [4.78, 5) is 15.3. The van der Waals surface area contributed by atoms with E-state index in [0.717, 1.165) is 26.8 Å². The minimum atomic E-state index is -0.0835. The van der Waals surface area contributed by atoms with Gasteiger partial charge in [0.2, 0.25) is 5.89 Å².